The summed E-state index contributed by atoms with van der Waals surface area (Å²) in [5, 5.41) is 10.7. The highest BCUT2D eigenvalue weighted by molar-refractivity contribution is 7.98. The van der Waals surface area contributed by atoms with Crippen LogP contribution in [-0.4, -0.2) is 28.7 Å². The monoisotopic (exact) mass is 487 g/mol. The highest BCUT2D eigenvalue weighted by atomic mass is 35.5. The van der Waals surface area contributed by atoms with Crippen molar-refractivity contribution in [1.29, 1.82) is 5.26 Å². The highest BCUT2D eigenvalue weighted by Crippen LogP contribution is 2.38. The lowest BCUT2D eigenvalue weighted by atomic mass is 9.77. The maximum Gasteiger partial charge on any atom is 0.187 e. The smallest absolute Gasteiger partial charge is 0.187 e. The van der Waals surface area contributed by atoms with Crippen LogP contribution < -0.4 is 9.47 Å². The normalized spacial score (nSPS) is 11.1. The molecule has 0 saturated heterocycles. The topological polar surface area (TPSA) is 68.0 Å². The number of nitrogens with zero attached hydrogens (tertiary/aromatic N) is 3. The molecule has 0 aliphatic rings. The third-order valence-electron chi connectivity index (χ3n) is 5.05. The average molecular weight is 488 g/mol. The zero-order chi connectivity index (χ0) is 23.1. The lowest BCUT2D eigenvalue weighted by Crippen LogP contribution is -2.19. The molecule has 3 rings (SSSR count). The van der Waals surface area contributed by atoms with Crippen LogP contribution in [0.25, 0.3) is 0 Å². The summed E-state index contributed by atoms with van der Waals surface area (Å²) in [6, 6.07) is 15.6. The minimum Gasteiger partial charge on any atom is -0.489 e. The van der Waals surface area contributed by atoms with Gasteiger partial charge >= 0.3 is 0 Å². The Morgan fingerprint density at radius 3 is 2.50 bits per heavy atom. The zero-order valence-corrected chi connectivity index (χ0v) is 20.4. The molecule has 5 nitrogen and oxygen atoms in total. The van der Waals surface area contributed by atoms with E-state index in [1.165, 1.54) is 11.8 Å². The Kier molecular flexibility index (Phi) is 8.25. The largest absolute Gasteiger partial charge is 0.489 e. The second-order valence-electron chi connectivity index (χ2n) is 7.46. The summed E-state index contributed by atoms with van der Waals surface area (Å²) in [4.78, 5) is 8.60. The fourth-order valence-corrected chi connectivity index (χ4v) is 3.90. The van der Waals surface area contributed by atoms with Crippen molar-refractivity contribution < 1.29 is 9.47 Å². The van der Waals surface area contributed by atoms with Crippen molar-refractivity contribution in [1.82, 2.24) is 9.97 Å². The molecule has 0 amide bonds. The van der Waals surface area contributed by atoms with E-state index >= 15 is 0 Å². The summed E-state index contributed by atoms with van der Waals surface area (Å²) in [5.74, 6) is 1.43. The first kappa shape index (κ1) is 24.2. The Morgan fingerprint density at radius 2 is 1.84 bits per heavy atom. The number of alkyl halides is 1. The van der Waals surface area contributed by atoms with Gasteiger partial charge in [-0.15, -0.1) is 11.6 Å². The summed E-state index contributed by atoms with van der Waals surface area (Å²) in [6.45, 7) is 4.82. The quantitative estimate of drug-likeness (QED) is 0.202. The van der Waals surface area contributed by atoms with Crippen molar-refractivity contribution in [3.8, 4) is 17.6 Å². The molecule has 0 fully saturated rings. The minimum absolute atomic E-state index is 0.285. The molecule has 0 aliphatic heterocycles. The van der Waals surface area contributed by atoms with E-state index < -0.39 is 5.41 Å². The molecule has 1 heterocycles. The number of ether oxygens (including phenoxy) is 2. The molecule has 2 aromatic carbocycles. The molecule has 0 radical (unpaired) electrons. The van der Waals surface area contributed by atoms with Crippen LogP contribution in [0.5, 0.6) is 11.5 Å². The molecule has 166 valence electrons. The Bertz CT molecular complexity index is 1120. The maximum atomic E-state index is 9.58. The van der Waals surface area contributed by atoms with E-state index in [9.17, 15) is 5.26 Å². The molecule has 3 aromatic rings. The van der Waals surface area contributed by atoms with Gasteiger partial charge in [0.25, 0.3) is 0 Å². The third-order valence-corrected chi connectivity index (χ3v) is 6.04. The zero-order valence-electron chi connectivity index (χ0n) is 18.1. The van der Waals surface area contributed by atoms with E-state index in [0.717, 1.165) is 27.7 Å². The molecule has 0 atom stereocenters. The van der Waals surface area contributed by atoms with E-state index in [-0.39, 0.29) is 6.61 Å². The van der Waals surface area contributed by atoms with Gasteiger partial charge in [-0.25, -0.2) is 9.97 Å². The molecule has 0 aliphatic carbocycles. The molecule has 0 spiro atoms. The number of benzene rings is 2. The van der Waals surface area contributed by atoms with Gasteiger partial charge in [-0.1, -0.05) is 49.3 Å². The summed E-state index contributed by atoms with van der Waals surface area (Å²) < 4.78 is 11.4. The first-order valence-corrected chi connectivity index (χ1v) is 12.0. The van der Waals surface area contributed by atoms with Crippen molar-refractivity contribution >= 4 is 35.0 Å². The van der Waals surface area contributed by atoms with Crippen LogP contribution in [0, 0.1) is 11.3 Å². The SMILES string of the molecule is CSc1nccc(COc2ccc(C(C)(C)c3cc(Cl)c(OCCCl)c(C#N)c3)cc2)n1. The molecule has 0 saturated carbocycles. The number of aromatic nitrogens is 2. The van der Waals surface area contributed by atoms with Gasteiger partial charge in [0.1, 0.15) is 25.0 Å². The van der Waals surface area contributed by atoms with Crippen LogP contribution in [0.4, 0.5) is 0 Å². The molecular weight excluding hydrogens is 465 g/mol. The first-order chi connectivity index (χ1) is 15.4. The first-order valence-electron chi connectivity index (χ1n) is 9.91. The van der Waals surface area contributed by atoms with Gasteiger partial charge in [0.05, 0.1) is 22.2 Å². The van der Waals surface area contributed by atoms with Crippen LogP contribution >= 0.6 is 35.0 Å². The Hall–Kier alpha value is -2.46. The number of rotatable bonds is 9. The fourth-order valence-electron chi connectivity index (χ4n) is 3.17. The number of thioether (sulfide) groups is 1. The van der Waals surface area contributed by atoms with Crippen LogP contribution in [-0.2, 0) is 12.0 Å². The van der Waals surface area contributed by atoms with Crippen LogP contribution in [0.15, 0.2) is 53.8 Å². The van der Waals surface area contributed by atoms with Gasteiger partial charge < -0.3 is 9.47 Å². The molecule has 1 aromatic heterocycles. The average Bonchev–Trinajstić information content (AvgIpc) is 2.81. The molecule has 32 heavy (non-hydrogen) atoms. The fraction of sp³-hybridized carbons (Fsp3) is 0.292. The summed E-state index contributed by atoms with van der Waals surface area (Å²) >= 11 is 13.6. The lowest BCUT2D eigenvalue weighted by molar-refractivity contribution is 0.300. The predicted molar refractivity (Wildman–Crippen MR) is 129 cm³/mol. The van der Waals surface area contributed by atoms with Gasteiger partial charge in [-0.05, 0) is 47.7 Å². The minimum atomic E-state index is -0.390. The summed E-state index contributed by atoms with van der Waals surface area (Å²) in [7, 11) is 0. The van der Waals surface area contributed by atoms with Gasteiger partial charge in [-0.3, -0.25) is 0 Å². The highest BCUT2D eigenvalue weighted by Gasteiger charge is 2.26. The van der Waals surface area contributed by atoms with Crippen LogP contribution in [0.2, 0.25) is 5.02 Å². The molecule has 0 N–H and O–H groups in total. The number of hydrogen-bond acceptors (Lipinski definition) is 6. The number of nitriles is 1. The van der Waals surface area contributed by atoms with Crippen LogP contribution in [0.3, 0.4) is 0 Å². The lowest BCUT2D eigenvalue weighted by Gasteiger charge is -2.27. The second kappa shape index (κ2) is 10.9. The standard InChI is InChI=1S/C24H23Cl2N3O2S/c1-24(2,18-12-16(14-27)22(21(26)13-18)30-11-9-25)17-4-6-20(7-5-17)31-15-19-8-10-28-23(29-19)32-3/h4-8,10,12-13H,9,11,15H2,1-3H3. The van der Waals surface area contributed by atoms with Gasteiger partial charge in [0, 0.05) is 11.6 Å². The van der Waals surface area contributed by atoms with Crippen molar-refractivity contribution in [2.75, 3.05) is 18.7 Å². The van der Waals surface area contributed by atoms with E-state index in [2.05, 4.69) is 29.9 Å². The second-order valence-corrected chi connectivity index (χ2v) is 9.02. The van der Waals surface area contributed by atoms with Crippen molar-refractivity contribution in [3.05, 3.63) is 76.1 Å². The van der Waals surface area contributed by atoms with Crippen molar-refractivity contribution in [3.63, 3.8) is 0 Å². The van der Waals surface area contributed by atoms with Crippen molar-refractivity contribution in [2.45, 2.75) is 31.0 Å². The van der Waals surface area contributed by atoms with Crippen molar-refractivity contribution in [2.24, 2.45) is 0 Å². The van der Waals surface area contributed by atoms with E-state index in [0.29, 0.717) is 28.8 Å². The van der Waals surface area contributed by atoms with E-state index in [4.69, 9.17) is 32.7 Å². The molecule has 8 heteroatoms. The summed E-state index contributed by atoms with van der Waals surface area (Å²) in [5.41, 5.74) is 2.80. The Balaban J connectivity index is 1.78. The molecular formula is C24H23Cl2N3O2S. The third kappa shape index (κ3) is 5.66. The Labute approximate surface area is 202 Å². The van der Waals surface area contributed by atoms with Gasteiger partial charge in [0.2, 0.25) is 0 Å². The number of hydrogen-bond donors (Lipinski definition) is 0. The Morgan fingerprint density at radius 1 is 1.09 bits per heavy atom. The van der Waals surface area contributed by atoms with E-state index in [1.54, 1.807) is 6.20 Å². The number of halogens is 2. The summed E-state index contributed by atoms with van der Waals surface area (Å²) in [6.07, 6.45) is 3.67. The maximum absolute atomic E-state index is 9.58. The molecule has 0 bridgehead atoms. The van der Waals surface area contributed by atoms with E-state index in [1.807, 2.05) is 48.7 Å². The predicted octanol–water partition coefficient (Wildman–Crippen LogP) is 6.25. The van der Waals surface area contributed by atoms with Gasteiger partial charge in [0.15, 0.2) is 10.9 Å². The molecule has 0 unspecified atom stereocenters. The van der Waals surface area contributed by atoms with Gasteiger partial charge in [-0.2, -0.15) is 5.26 Å². The van der Waals surface area contributed by atoms with Crippen LogP contribution in [0.1, 0.15) is 36.2 Å².